The van der Waals surface area contributed by atoms with E-state index >= 15 is 0 Å². The molecule has 0 aliphatic rings. The molecule has 0 spiro atoms. The van der Waals surface area contributed by atoms with E-state index in [1.807, 2.05) is 18.2 Å². The highest BCUT2D eigenvalue weighted by atomic mass is 32.3. The highest BCUT2D eigenvalue weighted by Gasteiger charge is 2.13. The molecule has 0 aromatic heterocycles. The molecule has 0 unspecified atom stereocenters. The Labute approximate surface area is 136 Å². The van der Waals surface area contributed by atoms with Crippen LogP contribution in [0.2, 0.25) is 0 Å². The summed E-state index contributed by atoms with van der Waals surface area (Å²) in [6.45, 7) is 3.91. The van der Waals surface area contributed by atoms with E-state index in [1.165, 1.54) is 0 Å². The lowest BCUT2D eigenvalue weighted by molar-refractivity contribution is 0.201. The molecule has 1 rings (SSSR count). The quantitative estimate of drug-likeness (QED) is 0.372. The van der Waals surface area contributed by atoms with E-state index < -0.39 is 16.5 Å². The van der Waals surface area contributed by atoms with Crippen LogP contribution in [0, 0.1) is 0 Å². The Morgan fingerprint density at radius 3 is 2.39 bits per heavy atom. The predicted molar refractivity (Wildman–Crippen MR) is 86.9 cm³/mol. The van der Waals surface area contributed by atoms with Crippen molar-refractivity contribution in [2.24, 2.45) is 0 Å². The number of benzene rings is 1. The first kappa shape index (κ1) is 21.1. The van der Waals surface area contributed by atoms with E-state index in [-0.39, 0.29) is 0 Å². The van der Waals surface area contributed by atoms with Gasteiger partial charge in [-0.05, 0) is 12.1 Å². The number of rotatable bonds is 5. The van der Waals surface area contributed by atoms with Crippen LogP contribution in [0.15, 0.2) is 36.9 Å². The fraction of sp³-hybridized carbons (Fsp3) is 0.357. The van der Waals surface area contributed by atoms with Crippen molar-refractivity contribution in [2.45, 2.75) is 0 Å². The zero-order chi connectivity index (χ0) is 18.1. The third-order valence-electron chi connectivity index (χ3n) is 2.40. The molecule has 1 aromatic carbocycles. The standard InChI is InChI=1S/C13H18N2O2.CH4O4S/c1-5-9-14-13(16)17-12-8-6-7-11(10-12)15(2,3)4;1-5-6(2,3)4/h5-8,10H,1,9H2,2-4H3;1H3,(H,2,3,4). The molecule has 8 nitrogen and oxygen atoms in total. The highest BCUT2D eigenvalue weighted by Crippen LogP contribution is 2.22. The minimum Gasteiger partial charge on any atom is -0.726 e. The lowest BCUT2D eigenvalue weighted by atomic mass is 10.2. The summed E-state index contributed by atoms with van der Waals surface area (Å²) in [7, 11) is 2.55. The van der Waals surface area contributed by atoms with Gasteiger partial charge in [0.25, 0.3) is 0 Å². The molecule has 0 radical (unpaired) electrons. The van der Waals surface area contributed by atoms with Gasteiger partial charge in [-0.1, -0.05) is 12.1 Å². The number of nitrogens with zero attached hydrogens (tertiary/aromatic N) is 1. The molecule has 0 fully saturated rings. The van der Waals surface area contributed by atoms with E-state index in [0.29, 0.717) is 16.8 Å². The van der Waals surface area contributed by atoms with Crippen molar-refractivity contribution in [3.8, 4) is 5.75 Å². The molecule has 130 valence electrons. The van der Waals surface area contributed by atoms with E-state index in [1.54, 1.807) is 12.1 Å². The van der Waals surface area contributed by atoms with Crippen LogP contribution in [-0.2, 0) is 14.6 Å². The minimum absolute atomic E-state index is 0.397. The van der Waals surface area contributed by atoms with E-state index in [9.17, 15) is 17.8 Å². The van der Waals surface area contributed by atoms with Gasteiger partial charge in [0.2, 0.25) is 10.4 Å². The van der Waals surface area contributed by atoms with Crippen molar-refractivity contribution < 1.29 is 26.7 Å². The Morgan fingerprint density at radius 1 is 1.39 bits per heavy atom. The Morgan fingerprint density at radius 2 is 1.96 bits per heavy atom. The van der Waals surface area contributed by atoms with Gasteiger partial charge in [-0.2, -0.15) is 0 Å². The van der Waals surface area contributed by atoms with Gasteiger partial charge >= 0.3 is 6.09 Å². The average Bonchev–Trinajstić information content (AvgIpc) is 2.44. The second kappa shape index (κ2) is 9.26. The van der Waals surface area contributed by atoms with Crippen molar-refractivity contribution in [3.05, 3.63) is 36.9 Å². The maximum Gasteiger partial charge on any atom is 0.412 e. The van der Waals surface area contributed by atoms with E-state index in [2.05, 4.69) is 37.2 Å². The number of hydrogen-bond donors (Lipinski definition) is 1. The van der Waals surface area contributed by atoms with Crippen molar-refractivity contribution >= 4 is 22.2 Å². The van der Waals surface area contributed by atoms with Crippen LogP contribution in [-0.4, -0.2) is 53.9 Å². The largest absolute Gasteiger partial charge is 0.726 e. The summed E-state index contributed by atoms with van der Waals surface area (Å²) in [5.41, 5.74) is 1.07. The van der Waals surface area contributed by atoms with Crippen LogP contribution >= 0.6 is 0 Å². The Hall–Kier alpha value is -1.94. The third-order valence-corrected chi connectivity index (χ3v) is 2.81. The molecule has 0 saturated carbocycles. The molecular formula is C14H22N2O6S. The summed E-state index contributed by atoms with van der Waals surface area (Å²) >= 11 is 0. The van der Waals surface area contributed by atoms with Crippen molar-refractivity contribution in [3.63, 3.8) is 0 Å². The Balaban J connectivity index is 0.000000688. The molecule has 1 amide bonds. The average molecular weight is 346 g/mol. The Bertz CT molecular complexity index is 622. The maximum absolute atomic E-state index is 11.3. The summed E-state index contributed by atoms with van der Waals surface area (Å²) in [5, 5.41) is 2.55. The normalized spacial score (nSPS) is 11.0. The lowest BCUT2D eigenvalue weighted by Crippen LogP contribution is -2.34. The minimum atomic E-state index is -4.41. The number of hydrogen-bond acceptors (Lipinski definition) is 6. The predicted octanol–water partition coefficient (Wildman–Crippen LogP) is 1.25. The van der Waals surface area contributed by atoms with Gasteiger partial charge in [0, 0.05) is 12.6 Å². The van der Waals surface area contributed by atoms with Crippen molar-refractivity contribution in [1.29, 1.82) is 0 Å². The second-order valence-corrected chi connectivity index (χ2v) is 6.29. The zero-order valence-electron chi connectivity index (χ0n) is 13.6. The molecule has 23 heavy (non-hydrogen) atoms. The Kier molecular flexibility index (Phi) is 8.47. The number of nitrogens with one attached hydrogen (secondary N) is 1. The van der Waals surface area contributed by atoms with Gasteiger partial charge in [-0.3, -0.25) is 8.67 Å². The topological polar surface area (TPSA) is 105 Å². The number of amides is 1. The first-order chi connectivity index (χ1) is 10.5. The monoisotopic (exact) mass is 346 g/mol. The SMILES string of the molecule is C=CCNC(=O)Oc1cccc([N+](C)(C)C)c1.COS(=O)(=O)[O-]. The van der Waals surface area contributed by atoms with Gasteiger partial charge in [0.05, 0.1) is 28.3 Å². The van der Waals surface area contributed by atoms with Gasteiger partial charge in [0.15, 0.2) is 0 Å². The molecule has 0 aliphatic heterocycles. The second-order valence-electron chi connectivity index (χ2n) is 5.14. The highest BCUT2D eigenvalue weighted by molar-refractivity contribution is 7.80. The van der Waals surface area contributed by atoms with Crippen LogP contribution in [0.25, 0.3) is 0 Å². The fourth-order valence-corrected chi connectivity index (χ4v) is 1.26. The molecule has 0 saturated heterocycles. The van der Waals surface area contributed by atoms with Crippen LogP contribution < -0.4 is 14.5 Å². The summed E-state index contributed by atoms with van der Waals surface area (Å²) < 4.78 is 36.8. The van der Waals surface area contributed by atoms with E-state index in [0.717, 1.165) is 12.8 Å². The van der Waals surface area contributed by atoms with Gasteiger partial charge in [-0.15, -0.1) is 6.58 Å². The summed E-state index contributed by atoms with van der Waals surface area (Å²) in [6.07, 6.45) is 1.13. The summed E-state index contributed by atoms with van der Waals surface area (Å²) in [5.74, 6) is 0.539. The maximum atomic E-state index is 11.3. The molecule has 0 atom stereocenters. The number of quaternary nitrogens is 1. The first-order valence-corrected chi connectivity index (χ1v) is 7.83. The van der Waals surface area contributed by atoms with Crippen LogP contribution in [0.1, 0.15) is 0 Å². The number of carbonyl (C=O) groups excluding carboxylic acids is 1. The van der Waals surface area contributed by atoms with Gasteiger partial charge < -0.3 is 14.6 Å². The third kappa shape index (κ3) is 10.4. The van der Waals surface area contributed by atoms with Crippen LogP contribution in [0.3, 0.4) is 0 Å². The van der Waals surface area contributed by atoms with Gasteiger partial charge in [-0.25, -0.2) is 13.2 Å². The molecule has 1 N–H and O–H groups in total. The molecular weight excluding hydrogens is 324 g/mol. The van der Waals surface area contributed by atoms with Crippen LogP contribution in [0.4, 0.5) is 10.5 Å². The van der Waals surface area contributed by atoms with Crippen molar-refractivity contribution in [2.75, 3.05) is 34.8 Å². The molecule has 0 bridgehead atoms. The lowest BCUT2D eigenvalue weighted by Gasteiger charge is -2.23. The van der Waals surface area contributed by atoms with Gasteiger partial charge in [0.1, 0.15) is 11.4 Å². The summed E-state index contributed by atoms with van der Waals surface area (Å²) in [4.78, 5) is 11.3. The van der Waals surface area contributed by atoms with E-state index in [4.69, 9.17) is 4.74 Å². The summed E-state index contributed by atoms with van der Waals surface area (Å²) in [6, 6.07) is 7.48. The zero-order valence-corrected chi connectivity index (χ0v) is 14.4. The van der Waals surface area contributed by atoms with Crippen molar-refractivity contribution in [1.82, 2.24) is 9.80 Å². The molecule has 9 heteroatoms. The molecule has 1 aromatic rings. The number of carbonyl (C=O) groups is 1. The first-order valence-electron chi connectivity index (χ1n) is 6.49. The number of ether oxygens (including phenoxy) is 1. The fourth-order valence-electron chi connectivity index (χ4n) is 1.26. The molecule has 0 aliphatic carbocycles. The molecule has 0 heterocycles. The smallest absolute Gasteiger partial charge is 0.412 e. The van der Waals surface area contributed by atoms with Crippen LogP contribution in [0.5, 0.6) is 5.75 Å².